The van der Waals surface area contributed by atoms with Crippen LogP contribution in [-0.4, -0.2) is 13.2 Å². The first kappa shape index (κ1) is 18.5. The molecule has 0 heterocycles. The molecule has 0 fully saturated rings. The second kappa shape index (κ2) is 9.44. The van der Waals surface area contributed by atoms with Crippen LogP contribution in [-0.2, 0) is 13.0 Å². The molecule has 0 aliphatic heterocycles. The van der Waals surface area contributed by atoms with Gasteiger partial charge in [0, 0.05) is 17.8 Å². The van der Waals surface area contributed by atoms with E-state index in [0.29, 0.717) is 25.3 Å². The van der Waals surface area contributed by atoms with Crippen LogP contribution in [0.4, 0.5) is 5.69 Å². The second-order valence-corrected chi connectivity index (χ2v) is 5.72. The summed E-state index contributed by atoms with van der Waals surface area (Å²) in [4.78, 5) is 0. The summed E-state index contributed by atoms with van der Waals surface area (Å²) in [6, 6.07) is 12.4. The number of nitrogens with one attached hydrogen (secondary N) is 1. The lowest BCUT2D eigenvalue weighted by Crippen LogP contribution is -2.06. The summed E-state index contributed by atoms with van der Waals surface area (Å²) in [6.45, 7) is 9.34. The monoisotopic (exact) mass is 335 g/mol. The van der Waals surface area contributed by atoms with Gasteiger partial charge < -0.3 is 14.8 Å². The number of hydrogen-bond acceptors (Lipinski definition) is 3. The molecule has 0 unspecified atom stereocenters. The normalized spacial score (nSPS) is 9.96. The Labute approximate surface area is 150 Å². The molecular formula is C22H25NO2. The van der Waals surface area contributed by atoms with Gasteiger partial charge in [0.05, 0.1) is 6.61 Å². The van der Waals surface area contributed by atoms with Crippen molar-refractivity contribution in [1.82, 2.24) is 0 Å². The molecule has 3 heteroatoms. The van der Waals surface area contributed by atoms with Crippen LogP contribution in [0.15, 0.2) is 49.1 Å². The third-order valence-corrected chi connectivity index (χ3v) is 3.67. The molecule has 0 amide bonds. The van der Waals surface area contributed by atoms with Gasteiger partial charge in [0.2, 0.25) is 0 Å². The van der Waals surface area contributed by atoms with Gasteiger partial charge in [-0.2, -0.15) is 0 Å². The molecule has 0 aliphatic carbocycles. The van der Waals surface area contributed by atoms with E-state index in [1.165, 1.54) is 5.56 Å². The highest BCUT2D eigenvalue weighted by atomic mass is 16.5. The molecule has 2 rings (SSSR count). The average molecular weight is 335 g/mol. The van der Waals surface area contributed by atoms with Gasteiger partial charge in [-0.3, -0.25) is 0 Å². The van der Waals surface area contributed by atoms with Crippen LogP contribution in [0.5, 0.6) is 11.5 Å². The first-order valence-corrected chi connectivity index (χ1v) is 8.44. The zero-order chi connectivity index (χ0) is 18.1. The number of allylic oxidation sites excluding steroid dienone is 1. The Hall–Kier alpha value is -2.86. The largest absolute Gasteiger partial charge is 0.490 e. The Morgan fingerprint density at radius 1 is 1.24 bits per heavy atom. The minimum absolute atomic E-state index is 0.213. The lowest BCUT2D eigenvalue weighted by Gasteiger charge is -2.17. The van der Waals surface area contributed by atoms with Crippen LogP contribution in [0, 0.1) is 19.3 Å². The summed E-state index contributed by atoms with van der Waals surface area (Å²) in [5.41, 5.74) is 4.47. The van der Waals surface area contributed by atoms with Crippen molar-refractivity contribution in [3.8, 4) is 23.8 Å². The maximum absolute atomic E-state index is 5.78. The smallest absolute Gasteiger partial charge is 0.166 e. The highest BCUT2D eigenvalue weighted by Gasteiger charge is 2.13. The van der Waals surface area contributed by atoms with Crippen molar-refractivity contribution in [2.45, 2.75) is 26.8 Å². The summed E-state index contributed by atoms with van der Waals surface area (Å²) < 4.78 is 11.5. The minimum atomic E-state index is 0.213. The summed E-state index contributed by atoms with van der Waals surface area (Å²) in [6.07, 6.45) is 7.88. The van der Waals surface area contributed by atoms with E-state index in [-0.39, 0.29) is 6.61 Å². The minimum Gasteiger partial charge on any atom is -0.490 e. The van der Waals surface area contributed by atoms with Crippen LogP contribution in [0.2, 0.25) is 0 Å². The lowest BCUT2D eigenvalue weighted by molar-refractivity contribution is 0.297. The van der Waals surface area contributed by atoms with Gasteiger partial charge in [0.15, 0.2) is 11.5 Å². The summed E-state index contributed by atoms with van der Waals surface area (Å²) >= 11 is 0. The Morgan fingerprint density at radius 3 is 2.76 bits per heavy atom. The summed E-state index contributed by atoms with van der Waals surface area (Å²) in [7, 11) is 0. The second-order valence-electron chi connectivity index (χ2n) is 5.72. The van der Waals surface area contributed by atoms with Crippen molar-refractivity contribution in [3.05, 3.63) is 65.7 Å². The zero-order valence-electron chi connectivity index (χ0n) is 15.0. The molecule has 25 heavy (non-hydrogen) atoms. The molecule has 2 aromatic carbocycles. The maximum atomic E-state index is 5.78. The Bertz CT molecular complexity index is 759. The van der Waals surface area contributed by atoms with Crippen LogP contribution < -0.4 is 14.8 Å². The SMILES string of the molecule is C#CCOc1c(CC=C)cc(CNc2cccc(C)c2)cc1OCC. The quantitative estimate of drug-likeness (QED) is 0.530. The highest BCUT2D eigenvalue weighted by Crippen LogP contribution is 2.34. The molecular weight excluding hydrogens is 310 g/mol. The van der Waals surface area contributed by atoms with E-state index in [1.54, 1.807) is 0 Å². The van der Waals surface area contributed by atoms with Crippen LogP contribution in [0.3, 0.4) is 0 Å². The van der Waals surface area contributed by atoms with Crippen molar-refractivity contribution < 1.29 is 9.47 Å². The Balaban J connectivity index is 2.27. The number of benzene rings is 2. The number of terminal acetylenes is 1. The molecule has 0 aromatic heterocycles. The lowest BCUT2D eigenvalue weighted by atomic mass is 10.1. The molecule has 0 radical (unpaired) electrons. The van der Waals surface area contributed by atoms with E-state index in [9.17, 15) is 0 Å². The first-order valence-electron chi connectivity index (χ1n) is 8.44. The van der Waals surface area contributed by atoms with Crippen molar-refractivity contribution in [2.24, 2.45) is 0 Å². The van der Waals surface area contributed by atoms with E-state index in [0.717, 1.165) is 22.6 Å². The van der Waals surface area contributed by atoms with Gasteiger partial charge in [-0.15, -0.1) is 13.0 Å². The van der Waals surface area contributed by atoms with E-state index in [1.807, 2.05) is 25.1 Å². The van der Waals surface area contributed by atoms with Crippen LogP contribution in [0.1, 0.15) is 23.6 Å². The number of ether oxygens (including phenoxy) is 2. The van der Waals surface area contributed by atoms with Gasteiger partial charge in [-0.1, -0.05) is 24.1 Å². The van der Waals surface area contributed by atoms with E-state index in [4.69, 9.17) is 15.9 Å². The van der Waals surface area contributed by atoms with Crippen molar-refractivity contribution in [3.63, 3.8) is 0 Å². The van der Waals surface area contributed by atoms with Gasteiger partial charge in [-0.05, 0) is 55.7 Å². The fraction of sp³-hybridized carbons (Fsp3) is 0.273. The molecule has 0 atom stereocenters. The summed E-state index contributed by atoms with van der Waals surface area (Å²) in [5, 5.41) is 3.45. The van der Waals surface area contributed by atoms with Crippen molar-refractivity contribution in [1.29, 1.82) is 0 Å². The molecule has 0 saturated carbocycles. The molecule has 0 bridgehead atoms. The van der Waals surface area contributed by atoms with Gasteiger partial charge >= 0.3 is 0 Å². The molecule has 0 saturated heterocycles. The third-order valence-electron chi connectivity index (χ3n) is 3.67. The number of hydrogen-bond donors (Lipinski definition) is 1. The molecule has 0 aliphatic rings. The Morgan fingerprint density at radius 2 is 2.08 bits per heavy atom. The number of anilines is 1. The van der Waals surface area contributed by atoms with Crippen molar-refractivity contribution in [2.75, 3.05) is 18.5 Å². The van der Waals surface area contributed by atoms with Crippen molar-refractivity contribution >= 4 is 5.69 Å². The van der Waals surface area contributed by atoms with Gasteiger partial charge in [0.1, 0.15) is 6.61 Å². The van der Waals surface area contributed by atoms with Crippen LogP contribution in [0.25, 0.3) is 0 Å². The fourth-order valence-electron chi connectivity index (χ4n) is 2.63. The first-order chi connectivity index (χ1) is 12.2. The standard InChI is InChI=1S/C22H25NO2/c1-5-9-19-14-18(16-23-20-11-8-10-17(4)13-20)15-21(24-7-3)22(19)25-12-6-2/h2,5,8,10-11,13-15,23H,1,7,9,12,16H2,3-4H3. The molecule has 2 aromatic rings. The molecule has 0 spiro atoms. The molecule has 130 valence electrons. The predicted molar refractivity (Wildman–Crippen MR) is 104 cm³/mol. The maximum Gasteiger partial charge on any atom is 0.166 e. The topological polar surface area (TPSA) is 30.5 Å². The summed E-state index contributed by atoms with van der Waals surface area (Å²) in [5.74, 6) is 3.93. The Kier molecular flexibility index (Phi) is 6.98. The number of aryl methyl sites for hydroxylation is 1. The van der Waals surface area contributed by atoms with E-state index >= 15 is 0 Å². The van der Waals surface area contributed by atoms with Gasteiger partial charge in [-0.25, -0.2) is 0 Å². The van der Waals surface area contributed by atoms with E-state index < -0.39 is 0 Å². The van der Waals surface area contributed by atoms with Crippen LogP contribution >= 0.6 is 0 Å². The number of rotatable bonds is 9. The zero-order valence-corrected chi connectivity index (χ0v) is 15.0. The fourth-order valence-corrected chi connectivity index (χ4v) is 2.63. The third kappa shape index (κ3) is 5.32. The van der Waals surface area contributed by atoms with Gasteiger partial charge in [0.25, 0.3) is 0 Å². The molecule has 1 N–H and O–H groups in total. The van der Waals surface area contributed by atoms with E-state index in [2.05, 4.69) is 49.0 Å². The highest BCUT2D eigenvalue weighted by molar-refractivity contribution is 5.52. The molecule has 3 nitrogen and oxygen atoms in total. The average Bonchev–Trinajstić information content (AvgIpc) is 2.60. The predicted octanol–water partition coefficient (Wildman–Crippen LogP) is 4.75.